The minimum Gasteiger partial charge on any atom is -0.444 e. The third-order valence-corrected chi connectivity index (χ3v) is 6.57. The highest BCUT2D eigenvalue weighted by molar-refractivity contribution is 6.00. The number of carbonyl (C=O) groups excluding carboxylic acids is 3. The maximum Gasteiger partial charge on any atom is 0.408 e. The third kappa shape index (κ3) is 8.83. The lowest BCUT2D eigenvalue weighted by atomic mass is 10.00. The number of amides is 3. The van der Waals surface area contributed by atoms with E-state index >= 15 is 0 Å². The monoisotopic (exact) mass is 545 g/mol. The largest absolute Gasteiger partial charge is 0.444 e. The van der Waals surface area contributed by atoms with E-state index in [0.717, 1.165) is 42.0 Å². The van der Waals surface area contributed by atoms with Crippen LogP contribution in [0.25, 0.3) is 10.8 Å². The number of hydrogen-bond donors (Lipinski definition) is 2. The van der Waals surface area contributed by atoms with Crippen LogP contribution in [-0.4, -0.2) is 41.0 Å². The van der Waals surface area contributed by atoms with Crippen LogP contribution >= 0.6 is 0 Å². The van der Waals surface area contributed by atoms with Crippen molar-refractivity contribution in [3.63, 3.8) is 0 Å². The summed E-state index contributed by atoms with van der Waals surface area (Å²) in [7, 11) is 0. The molecule has 0 aromatic heterocycles. The van der Waals surface area contributed by atoms with Gasteiger partial charge in [-0.3, -0.25) is 9.59 Å². The van der Waals surface area contributed by atoms with Gasteiger partial charge in [0.15, 0.2) is 0 Å². The van der Waals surface area contributed by atoms with E-state index in [1.807, 2.05) is 73.7 Å². The molecule has 2 atom stereocenters. The summed E-state index contributed by atoms with van der Waals surface area (Å²) in [6.45, 7) is 11.4. The highest BCUT2D eigenvalue weighted by Crippen LogP contribution is 2.27. The van der Waals surface area contributed by atoms with Gasteiger partial charge in [-0.25, -0.2) is 4.79 Å². The number of unbranched alkanes of at least 4 members (excludes halogenated alkanes) is 3. The molecule has 3 rings (SSSR count). The predicted molar refractivity (Wildman–Crippen MR) is 161 cm³/mol. The van der Waals surface area contributed by atoms with Crippen LogP contribution in [0.1, 0.15) is 77.5 Å². The van der Waals surface area contributed by atoms with Gasteiger partial charge in [0.2, 0.25) is 5.91 Å². The van der Waals surface area contributed by atoms with Crippen molar-refractivity contribution in [2.24, 2.45) is 0 Å². The molecule has 0 aliphatic heterocycles. The molecule has 0 saturated heterocycles. The molecule has 0 heterocycles. The number of fused-ring (bicyclic) bond motifs is 1. The average Bonchev–Trinajstić information content (AvgIpc) is 2.88. The van der Waals surface area contributed by atoms with Gasteiger partial charge in [0.05, 0.1) is 0 Å². The fraction of sp³-hybridized carbons (Fsp3) is 0.424. The van der Waals surface area contributed by atoms with Gasteiger partial charge in [-0.15, -0.1) is 0 Å². The normalized spacial score (nSPS) is 12.8. The van der Waals surface area contributed by atoms with Crippen LogP contribution in [-0.2, 0) is 14.3 Å². The number of nitrogens with one attached hydrogen (secondary N) is 2. The number of carbonyl (C=O) groups is 3. The minimum atomic E-state index is -0.887. The molecule has 3 amide bonds. The number of benzene rings is 3. The average molecular weight is 546 g/mol. The fourth-order valence-electron chi connectivity index (χ4n) is 4.66. The second kappa shape index (κ2) is 14.0. The Morgan fingerprint density at radius 1 is 0.900 bits per heavy atom. The predicted octanol–water partition coefficient (Wildman–Crippen LogP) is 7.15. The zero-order valence-corrected chi connectivity index (χ0v) is 24.6. The molecule has 3 aromatic carbocycles. The van der Waals surface area contributed by atoms with Crippen molar-refractivity contribution in [1.82, 2.24) is 10.2 Å². The lowest BCUT2D eigenvalue weighted by molar-refractivity contribution is -0.140. The van der Waals surface area contributed by atoms with E-state index < -0.39 is 23.8 Å². The Morgan fingerprint density at radius 3 is 2.30 bits per heavy atom. The standard InChI is InChI=1S/C33H43N3O4/c1-7-8-9-12-20-36(31(38)24(3)34-32(39)40-33(4,5)6)29(27-17-13-14-23(2)21-27)30(37)35-28-19-18-25-15-10-11-16-26(25)22-28/h10-11,13-19,21-22,24,29H,7-9,12,20H2,1-6H3,(H,34,39)(H,35,37). The number of nitrogens with zero attached hydrogens (tertiary/aromatic N) is 1. The molecule has 0 aliphatic carbocycles. The molecule has 0 bridgehead atoms. The summed E-state index contributed by atoms with van der Waals surface area (Å²) < 4.78 is 5.37. The van der Waals surface area contributed by atoms with E-state index in [2.05, 4.69) is 17.6 Å². The summed E-state index contributed by atoms with van der Waals surface area (Å²) in [4.78, 5) is 42.0. The topological polar surface area (TPSA) is 87.7 Å². The SMILES string of the molecule is CCCCCCN(C(=O)C(C)NC(=O)OC(C)(C)C)C(C(=O)Nc1ccc2ccccc2c1)c1cccc(C)c1. The number of rotatable bonds is 11. The molecule has 0 radical (unpaired) electrons. The van der Waals surface area contributed by atoms with E-state index in [-0.39, 0.29) is 11.8 Å². The molecule has 0 fully saturated rings. The smallest absolute Gasteiger partial charge is 0.408 e. The molecular weight excluding hydrogens is 502 g/mol. The molecule has 7 heteroatoms. The van der Waals surface area contributed by atoms with E-state index in [1.54, 1.807) is 32.6 Å². The lowest BCUT2D eigenvalue weighted by Gasteiger charge is -2.34. The molecule has 2 N–H and O–H groups in total. The number of anilines is 1. The van der Waals surface area contributed by atoms with E-state index in [1.165, 1.54) is 0 Å². The Labute approximate surface area is 238 Å². The van der Waals surface area contributed by atoms with Crippen molar-refractivity contribution >= 4 is 34.4 Å². The van der Waals surface area contributed by atoms with Crippen molar-refractivity contribution in [2.45, 2.75) is 84.9 Å². The summed E-state index contributed by atoms with van der Waals surface area (Å²) >= 11 is 0. The summed E-state index contributed by atoms with van der Waals surface area (Å²) in [6.07, 6.45) is 3.08. The van der Waals surface area contributed by atoms with Crippen molar-refractivity contribution in [2.75, 3.05) is 11.9 Å². The molecule has 40 heavy (non-hydrogen) atoms. The summed E-state index contributed by atoms with van der Waals surface area (Å²) in [5.41, 5.74) is 1.65. The van der Waals surface area contributed by atoms with Crippen molar-refractivity contribution < 1.29 is 19.1 Å². The van der Waals surface area contributed by atoms with Crippen LogP contribution in [0.5, 0.6) is 0 Å². The highest BCUT2D eigenvalue weighted by Gasteiger charge is 2.34. The van der Waals surface area contributed by atoms with E-state index in [0.29, 0.717) is 17.8 Å². The first-order valence-corrected chi connectivity index (χ1v) is 14.1. The van der Waals surface area contributed by atoms with Crippen molar-refractivity contribution in [3.8, 4) is 0 Å². The van der Waals surface area contributed by atoms with Crippen LogP contribution in [0.2, 0.25) is 0 Å². The lowest BCUT2D eigenvalue weighted by Crippen LogP contribution is -2.51. The Kier molecular flexibility index (Phi) is 10.7. The number of hydrogen-bond acceptors (Lipinski definition) is 4. The Balaban J connectivity index is 1.95. The maximum atomic E-state index is 14.0. The van der Waals surface area contributed by atoms with Crippen LogP contribution in [0, 0.1) is 6.92 Å². The quantitative estimate of drug-likeness (QED) is 0.251. The van der Waals surface area contributed by atoms with Gasteiger partial charge in [-0.05, 0) is 69.5 Å². The van der Waals surface area contributed by atoms with Crippen LogP contribution < -0.4 is 10.6 Å². The first kappa shape index (κ1) is 30.7. The molecular formula is C33H43N3O4. The summed E-state index contributed by atoms with van der Waals surface area (Å²) in [6, 6.07) is 19.6. The molecule has 214 valence electrons. The van der Waals surface area contributed by atoms with Crippen molar-refractivity contribution in [3.05, 3.63) is 77.9 Å². The van der Waals surface area contributed by atoms with E-state index in [4.69, 9.17) is 4.74 Å². The fourth-order valence-corrected chi connectivity index (χ4v) is 4.66. The molecule has 3 aromatic rings. The number of ether oxygens (including phenoxy) is 1. The second-order valence-corrected chi connectivity index (χ2v) is 11.3. The summed E-state index contributed by atoms with van der Waals surface area (Å²) in [5, 5.41) is 7.80. The second-order valence-electron chi connectivity index (χ2n) is 11.3. The zero-order valence-electron chi connectivity index (χ0n) is 24.6. The van der Waals surface area contributed by atoms with Gasteiger partial charge in [0, 0.05) is 12.2 Å². The zero-order chi connectivity index (χ0) is 29.3. The first-order valence-electron chi connectivity index (χ1n) is 14.1. The molecule has 7 nitrogen and oxygen atoms in total. The third-order valence-electron chi connectivity index (χ3n) is 6.57. The molecule has 0 spiro atoms. The molecule has 2 unspecified atom stereocenters. The molecule has 0 saturated carbocycles. The summed E-state index contributed by atoms with van der Waals surface area (Å²) in [5.74, 6) is -0.656. The Hall–Kier alpha value is -3.87. The van der Waals surface area contributed by atoms with Gasteiger partial charge in [0.1, 0.15) is 17.7 Å². The molecule has 0 aliphatic rings. The van der Waals surface area contributed by atoms with Crippen LogP contribution in [0.15, 0.2) is 66.7 Å². The van der Waals surface area contributed by atoms with Crippen LogP contribution in [0.4, 0.5) is 10.5 Å². The van der Waals surface area contributed by atoms with Crippen LogP contribution in [0.3, 0.4) is 0 Å². The van der Waals surface area contributed by atoms with Gasteiger partial charge in [0.25, 0.3) is 5.91 Å². The maximum absolute atomic E-state index is 14.0. The van der Waals surface area contributed by atoms with Gasteiger partial charge in [-0.2, -0.15) is 0 Å². The van der Waals surface area contributed by atoms with Gasteiger partial charge >= 0.3 is 6.09 Å². The minimum absolute atomic E-state index is 0.311. The number of alkyl carbamates (subject to hydrolysis) is 1. The van der Waals surface area contributed by atoms with Gasteiger partial charge < -0.3 is 20.3 Å². The first-order chi connectivity index (χ1) is 19.0. The van der Waals surface area contributed by atoms with Gasteiger partial charge in [-0.1, -0.05) is 86.3 Å². The Bertz CT molecular complexity index is 1310. The van der Waals surface area contributed by atoms with E-state index in [9.17, 15) is 14.4 Å². The Morgan fingerprint density at radius 2 is 1.62 bits per heavy atom. The number of aryl methyl sites for hydroxylation is 1. The van der Waals surface area contributed by atoms with Crippen molar-refractivity contribution in [1.29, 1.82) is 0 Å². The highest BCUT2D eigenvalue weighted by atomic mass is 16.6.